The largest absolute Gasteiger partial charge is 0.497 e. The molecule has 0 saturated carbocycles. The molecule has 8 nitrogen and oxygen atoms in total. The van der Waals surface area contributed by atoms with Gasteiger partial charge in [0.2, 0.25) is 5.91 Å². The first-order valence-corrected chi connectivity index (χ1v) is 13.2. The minimum atomic E-state index is -0.702. The van der Waals surface area contributed by atoms with Gasteiger partial charge in [-0.15, -0.1) is 23.1 Å². The lowest BCUT2D eigenvalue weighted by atomic mass is 10.0. The molecule has 1 saturated heterocycles. The molecule has 2 aliphatic rings. The molecule has 2 aliphatic heterocycles. The fraction of sp³-hybridized carbons (Fsp3) is 0.269. The van der Waals surface area contributed by atoms with Crippen molar-refractivity contribution >= 4 is 46.5 Å². The Kier molecular flexibility index (Phi) is 6.88. The van der Waals surface area contributed by atoms with Crippen LogP contribution in [-0.4, -0.2) is 47.0 Å². The van der Waals surface area contributed by atoms with Crippen LogP contribution in [0.2, 0.25) is 0 Å². The number of thiophene rings is 1. The van der Waals surface area contributed by atoms with Crippen molar-refractivity contribution in [1.82, 2.24) is 10.2 Å². The minimum Gasteiger partial charge on any atom is -0.497 e. The summed E-state index contributed by atoms with van der Waals surface area (Å²) in [5.41, 5.74) is 1.55. The first-order valence-electron chi connectivity index (χ1n) is 11.3. The number of carbonyl (C=O) groups is 3. The van der Waals surface area contributed by atoms with Crippen LogP contribution in [0.5, 0.6) is 5.75 Å². The van der Waals surface area contributed by atoms with E-state index in [0.29, 0.717) is 28.6 Å². The molecule has 2 amide bonds. The number of carbonyl (C=O) groups excluding carboxylic acids is 3. The number of aryl methyl sites for hydroxylation is 1. The van der Waals surface area contributed by atoms with E-state index in [2.05, 4.69) is 5.32 Å². The third-order valence-electron chi connectivity index (χ3n) is 5.96. The Labute approximate surface area is 216 Å². The Morgan fingerprint density at radius 3 is 2.64 bits per heavy atom. The van der Waals surface area contributed by atoms with E-state index < -0.39 is 17.4 Å². The van der Waals surface area contributed by atoms with Gasteiger partial charge >= 0.3 is 5.97 Å². The molecule has 1 N–H and O–H groups in total. The number of benzene rings is 1. The number of furan rings is 1. The van der Waals surface area contributed by atoms with Gasteiger partial charge in [-0.2, -0.15) is 0 Å². The highest BCUT2D eigenvalue weighted by Gasteiger charge is 2.54. The van der Waals surface area contributed by atoms with Gasteiger partial charge in [-0.1, -0.05) is 18.2 Å². The second-order valence-corrected chi connectivity index (χ2v) is 10.5. The molecule has 2 atom stereocenters. The average molecular weight is 525 g/mol. The maximum Gasteiger partial charge on any atom is 0.355 e. The summed E-state index contributed by atoms with van der Waals surface area (Å²) in [5, 5.41) is 4.35. The number of amides is 2. The SMILES string of the molecule is COc1ccc(COC(=O)C2=C(c3ccc(C)o3)CS[C@H]3[C@H](NC(=O)Cc4cccs4)C(=O)N23)cc1. The van der Waals surface area contributed by atoms with Gasteiger partial charge < -0.3 is 19.2 Å². The highest BCUT2D eigenvalue weighted by atomic mass is 32.2. The number of methoxy groups -OCH3 is 1. The summed E-state index contributed by atoms with van der Waals surface area (Å²) >= 11 is 2.97. The van der Waals surface area contributed by atoms with Crippen LogP contribution in [0.15, 0.2) is 64.0 Å². The molecule has 10 heteroatoms. The number of β-lactam (4-membered cyclic amide) rings is 1. The molecule has 4 heterocycles. The number of thioether (sulfide) groups is 1. The van der Waals surface area contributed by atoms with Crippen LogP contribution in [0, 0.1) is 6.92 Å². The van der Waals surface area contributed by atoms with Gasteiger partial charge in [-0.25, -0.2) is 4.79 Å². The number of hydrogen-bond donors (Lipinski definition) is 1. The molecule has 0 unspecified atom stereocenters. The van der Waals surface area contributed by atoms with Crippen LogP contribution in [0.25, 0.3) is 5.57 Å². The summed E-state index contributed by atoms with van der Waals surface area (Å²) in [5.74, 6) is 1.17. The maximum atomic E-state index is 13.3. The van der Waals surface area contributed by atoms with E-state index >= 15 is 0 Å². The second kappa shape index (κ2) is 10.2. The molecular formula is C26H24N2O6S2. The molecule has 1 aromatic carbocycles. The molecule has 36 heavy (non-hydrogen) atoms. The van der Waals surface area contributed by atoms with Gasteiger partial charge in [0.15, 0.2) is 0 Å². The number of nitrogens with one attached hydrogen (secondary N) is 1. The summed E-state index contributed by atoms with van der Waals surface area (Å²) < 4.78 is 16.6. The number of hydrogen-bond acceptors (Lipinski definition) is 8. The fourth-order valence-electron chi connectivity index (χ4n) is 4.13. The van der Waals surface area contributed by atoms with E-state index in [1.807, 2.05) is 42.6 Å². The van der Waals surface area contributed by atoms with Gasteiger partial charge in [0.25, 0.3) is 5.91 Å². The molecule has 2 aromatic heterocycles. The normalized spacial score (nSPS) is 18.9. The molecule has 0 aliphatic carbocycles. The predicted octanol–water partition coefficient (Wildman–Crippen LogP) is 3.76. The summed E-state index contributed by atoms with van der Waals surface area (Å²) in [6.07, 6.45) is 0.211. The molecule has 186 valence electrons. The Hall–Kier alpha value is -3.50. The zero-order valence-electron chi connectivity index (χ0n) is 19.7. The van der Waals surface area contributed by atoms with Crippen LogP contribution < -0.4 is 10.1 Å². The van der Waals surface area contributed by atoms with E-state index in [1.165, 1.54) is 28.0 Å². The first-order chi connectivity index (χ1) is 17.4. The highest BCUT2D eigenvalue weighted by Crippen LogP contribution is 2.44. The summed E-state index contributed by atoms with van der Waals surface area (Å²) in [7, 11) is 1.58. The zero-order valence-corrected chi connectivity index (χ0v) is 21.3. The number of fused-ring (bicyclic) bond motifs is 1. The first kappa shape index (κ1) is 24.2. The molecule has 0 bridgehead atoms. The van der Waals surface area contributed by atoms with E-state index in [9.17, 15) is 14.4 Å². The van der Waals surface area contributed by atoms with Crippen molar-refractivity contribution in [3.8, 4) is 5.75 Å². The van der Waals surface area contributed by atoms with Crippen LogP contribution in [0.1, 0.15) is 22.0 Å². The number of ether oxygens (including phenoxy) is 2. The third-order valence-corrected chi connectivity index (χ3v) is 8.12. The Morgan fingerprint density at radius 1 is 1.17 bits per heavy atom. The van der Waals surface area contributed by atoms with Crippen LogP contribution in [0.3, 0.4) is 0 Å². The maximum absolute atomic E-state index is 13.3. The standard InChI is InChI=1S/C26H24N2O6S2/c1-15-5-10-20(34-15)19-14-36-25-22(27-21(29)12-18-4-3-11-35-18)24(30)28(25)23(19)26(31)33-13-16-6-8-17(32-2)9-7-16/h3-11,22,25H,12-14H2,1-2H3,(H,27,29)/t22-,25+/m1/s1. The number of esters is 1. The smallest absolute Gasteiger partial charge is 0.355 e. The Morgan fingerprint density at radius 2 is 1.97 bits per heavy atom. The fourth-order valence-corrected chi connectivity index (χ4v) is 6.18. The lowest BCUT2D eigenvalue weighted by Crippen LogP contribution is -2.70. The zero-order chi connectivity index (χ0) is 25.2. The van der Waals surface area contributed by atoms with Crippen LogP contribution in [-0.2, 0) is 32.1 Å². The summed E-state index contributed by atoms with van der Waals surface area (Å²) in [6, 6.07) is 13.8. The van der Waals surface area contributed by atoms with E-state index in [4.69, 9.17) is 13.9 Å². The van der Waals surface area contributed by atoms with Gasteiger partial charge in [0.1, 0.15) is 41.0 Å². The topological polar surface area (TPSA) is 98.1 Å². The summed E-state index contributed by atoms with van der Waals surface area (Å²) in [4.78, 5) is 41.4. The van der Waals surface area contributed by atoms with E-state index in [-0.39, 0.29) is 30.5 Å². The minimum absolute atomic E-state index is 0.0393. The van der Waals surface area contributed by atoms with Crippen molar-refractivity contribution in [2.45, 2.75) is 31.4 Å². The van der Waals surface area contributed by atoms with Crippen molar-refractivity contribution in [2.24, 2.45) is 0 Å². The van der Waals surface area contributed by atoms with Gasteiger partial charge in [-0.3, -0.25) is 14.5 Å². The van der Waals surface area contributed by atoms with Crippen LogP contribution in [0.4, 0.5) is 0 Å². The average Bonchev–Trinajstić information content (AvgIpc) is 3.56. The second-order valence-electron chi connectivity index (χ2n) is 8.37. The lowest BCUT2D eigenvalue weighted by molar-refractivity contribution is -0.153. The van der Waals surface area contributed by atoms with Gasteiger partial charge in [0, 0.05) is 16.2 Å². The summed E-state index contributed by atoms with van der Waals surface area (Å²) in [6.45, 7) is 1.86. The molecule has 0 spiro atoms. The molecule has 5 rings (SSSR count). The van der Waals surface area contributed by atoms with E-state index in [0.717, 1.165) is 10.4 Å². The lowest BCUT2D eigenvalue weighted by Gasteiger charge is -2.49. The molecule has 1 fully saturated rings. The third kappa shape index (κ3) is 4.78. The highest BCUT2D eigenvalue weighted by molar-refractivity contribution is 8.00. The van der Waals surface area contributed by atoms with Crippen molar-refractivity contribution in [2.75, 3.05) is 12.9 Å². The van der Waals surface area contributed by atoms with Crippen molar-refractivity contribution in [3.63, 3.8) is 0 Å². The quantitative estimate of drug-likeness (QED) is 0.354. The van der Waals surface area contributed by atoms with Crippen molar-refractivity contribution in [3.05, 3.63) is 81.6 Å². The Balaban J connectivity index is 1.35. The predicted molar refractivity (Wildman–Crippen MR) is 136 cm³/mol. The van der Waals surface area contributed by atoms with Gasteiger partial charge in [0.05, 0.1) is 13.5 Å². The van der Waals surface area contributed by atoms with E-state index in [1.54, 1.807) is 25.3 Å². The molecule has 3 aromatic rings. The monoisotopic (exact) mass is 524 g/mol. The van der Waals surface area contributed by atoms with Crippen molar-refractivity contribution < 1.29 is 28.3 Å². The van der Waals surface area contributed by atoms with Gasteiger partial charge in [-0.05, 0) is 48.2 Å². The Bertz CT molecular complexity index is 1310. The number of rotatable bonds is 8. The van der Waals surface area contributed by atoms with Crippen LogP contribution >= 0.6 is 23.1 Å². The molecule has 0 radical (unpaired) electrons. The van der Waals surface area contributed by atoms with Crippen molar-refractivity contribution in [1.29, 1.82) is 0 Å². The molecular weight excluding hydrogens is 500 g/mol. The number of nitrogens with zero attached hydrogens (tertiary/aromatic N) is 1.